The van der Waals surface area contributed by atoms with Crippen LogP contribution in [0.2, 0.25) is 5.02 Å². The first-order valence-electron chi connectivity index (χ1n) is 6.95. The summed E-state index contributed by atoms with van der Waals surface area (Å²) in [5.74, 6) is -0.348. The van der Waals surface area contributed by atoms with E-state index in [9.17, 15) is 9.59 Å². The number of hydrogen-bond acceptors (Lipinski definition) is 2. The van der Waals surface area contributed by atoms with Crippen LogP contribution in [0.4, 0.5) is 5.69 Å². The fourth-order valence-corrected chi connectivity index (χ4v) is 2.49. The second-order valence-corrected chi connectivity index (χ2v) is 5.47. The van der Waals surface area contributed by atoms with Gasteiger partial charge >= 0.3 is 0 Å². The summed E-state index contributed by atoms with van der Waals surface area (Å²) in [5, 5.41) is 3.31. The third-order valence-electron chi connectivity index (χ3n) is 3.50. The van der Waals surface area contributed by atoms with Gasteiger partial charge in [-0.25, -0.2) is 0 Å². The van der Waals surface area contributed by atoms with Crippen LogP contribution in [0.5, 0.6) is 0 Å². The summed E-state index contributed by atoms with van der Waals surface area (Å²) in [6.07, 6.45) is 2.31. The lowest BCUT2D eigenvalue weighted by Gasteiger charge is -2.16. The second-order valence-electron chi connectivity index (χ2n) is 5.06. The average Bonchev–Trinajstić information content (AvgIpc) is 2.80. The molecule has 20 heavy (non-hydrogen) atoms. The fourth-order valence-electron chi connectivity index (χ4n) is 2.31. The molecule has 0 saturated carbocycles. The quantitative estimate of drug-likeness (QED) is 0.908. The molecular weight excluding hydrogens is 276 g/mol. The number of nitrogens with one attached hydrogen (secondary N) is 1. The first-order valence-corrected chi connectivity index (χ1v) is 7.32. The number of benzene rings is 1. The van der Waals surface area contributed by atoms with E-state index in [1.54, 1.807) is 17.0 Å². The lowest BCUT2D eigenvalue weighted by Crippen LogP contribution is -2.29. The van der Waals surface area contributed by atoms with Crippen molar-refractivity contribution in [2.75, 3.05) is 18.4 Å². The summed E-state index contributed by atoms with van der Waals surface area (Å²) >= 11 is 6.01. The zero-order valence-corrected chi connectivity index (χ0v) is 12.3. The van der Waals surface area contributed by atoms with Crippen molar-refractivity contribution in [1.82, 2.24) is 4.90 Å². The van der Waals surface area contributed by atoms with Gasteiger partial charge in [0, 0.05) is 19.5 Å². The highest BCUT2D eigenvalue weighted by atomic mass is 35.5. The van der Waals surface area contributed by atoms with Crippen LogP contribution in [0.1, 0.15) is 26.2 Å². The molecule has 4 nitrogen and oxygen atoms in total. The van der Waals surface area contributed by atoms with Crippen LogP contribution in [0.3, 0.4) is 0 Å². The Labute approximate surface area is 124 Å². The van der Waals surface area contributed by atoms with E-state index < -0.39 is 0 Å². The smallest absolute Gasteiger partial charge is 0.229 e. The Balaban J connectivity index is 1.94. The molecule has 1 saturated heterocycles. The van der Waals surface area contributed by atoms with Crippen LogP contribution in [-0.2, 0) is 9.59 Å². The molecule has 0 aromatic heterocycles. The van der Waals surface area contributed by atoms with Gasteiger partial charge in [0.2, 0.25) is 11.8 Å². The van der Waals surface area contributed by atoms with E-state index in [4.69, 9.17) is 11.6 Å². The molecule has 2 amide bonds. The highest BCUT2D eigenvalue weighted by Gasteiger charge is 2.33. The van der Waals surface area contributed by atoms with Crippen molar-refractivity contribution in [3.05, 3.63) is 29.3 Å². The summed E-state index contributed by atoms with van der Waals surface area (Å²) in [7, 11) is 0. The number of carbonyl (C=O) groups excluding carboxylic acids is 2. The number of para-hydroxylation sites is 1. The van der Waals surface area contributed by atoms with Crippen molar-refractivity contribution in [3.8, 4) is 0 Å². The van der Waals surface area contributed by atoms with Crippen molar-refractivity contribution in [3.63, 3.8) is 0 Å². The molecule has 1 aliphatic rings. The molecule has 2 rings (SSSR count). The monoisotopic (exact) mass is 294 g/mol. The molecule has 1 N–H and O–H groups in total. The number of halogens is 1. The van der Waals surface area contributed by atoms with Gasteiger partial charge in [-0.3, -0.25) is 9.59 Å². The maximum atomic E-state index is 12.2. The molecule has 0 spiro atoms. The van der Waals surface area contributed by atoms with E-state index in [0.29, 0.717) is 23.7 Å². The number of nitrogens with zero attached hydrogens (tertiary/aromatic N) is 1. The van der Waals surface area contributed by atoms with Crippen LogP contribution in [0.15, 0.2) is 24.3 Å². The lowest BCUT2D eigenvalue weighted by atomic mass is 10.1. The van der Waals surface area contributed by atoms with Gasteiger partial charge in [-0.15, -0.1) is 0 Å². The van der Waals surface area contributed by atoms with Gasteiger partial charge in [0.15, 0.2) is 0 Å². The van der Waals surface area contributed by atoms with Crippen LogP contribution in [0, 0.1) is 5.92 Å². The van der Waals surface area contributed by atoms with Crippen LogP contribution >= 0.6 is 11.6 Å². The van der Waals surface area contributed by atoms with Gasteiger partial charge < -0.3 is 10.2 Å². The van der Waals surface area contributed by atoms with Crippen molar-refractivity contribution >= 4 is 29.1 Å². The highest BCUT2D eigenvalue weighted by molar-refractivity contribution is 6.33. The number of rotatable bonds is 5. The Hall–Kier alpha value is -1.55. The molecule has 1 aliphatic heterocycles. The molecule has 108 valence electrons. The first kappa shape index (κ1) is 14.9. The van der Waals surface area contributed by atoms with E-state index in [0.717, 1.165) is 19.4 Å². The average molecular weight is 295 g/mol. The van der Waals surface area contributed by atoms with Gasteiger partial charge in [-0.1, -0.05) is 37.1 Å². The molecule has 0 aliphatic carbocycles. The molecule has 5 heteroatoms. The lowest BCUT2D eigenvalue weighted by molar-refractivity contribution is -0.128. The number of anilines is 1. The van der Waals surface area contributed by atoms with Gasteiger partial charge in [-0.05, 0) is 18.6 Å². The Kier molecular flexibility index (Phi) is 5.01. The summed E-state index contributed by atoms with van der Waals surface area (Å²) in [4.78, 5) is 25.8. The van der Waals surface area contributed by atoms with Crippen molar-refractivity contribution in [2.45, 2.75) is 26.2 Å². The van der Waals surface area contributed by atoms with Gasteiger partial charge in [0.25, 0.3) is 0 Å². The third kappa shape index (κ3) is 3.51. The Bertz CT molecular complexity index is 504. The number of amides is 2. The highest BCUT2D eigenvalue weighted by Crippen LogP contribution is 2.24. The predicted octanol–water partition coefficient (Wildman–Crippen LogP) is 2.93. The Morgan fingerprint density at radius 3 is 2.90 bits per heavy atom. The molecule has 1 aromatic rings. The molecule has 0 radical (unpaired) electrons. The van der Waals surface area contributed by atoms with E-state index in [-0.39, 0.29) is 17.7 Å². The SMILES string of the molecule is CCCCN1C[C@@H](C(=O)Nc2ccccc2Cl)CC1=O. The first-order chi connectivity index (χ1) is 9.61. The molecular formula is C15H19ClN2O2. The maximum Gasteiger partial charge on any atom is 0.229 e. The van der Waals surface area contributed by atoms with E-state index in [2.05, 4.69) is 12.2 Å². The van der Waals surface area contributed by atoms with Crippen molar-refractivity contribution < 1.29 is 9.59 Å². The minimum Gasteiger partial charge on any atom is -0.342 e. The predicted molar refractivity (Wildman–Crippen MR) is 79.7 cm³/mol. The van der Waals surface area contributed by atoms with E-state index in [1.807, 2.05) is 12.1 Å². The largest absolute Gasteiger partial charge is 0.342 e. The van der Waals surface area contributed by atoms with Crippen LogP contribution < -0.4 is 5.32 Å². The number of carbonyl (C=O) groups is 2. The summed E-state index contributed by atoms with van der Waals surface area (Å²) in [6, 6.07) is 7.11. The molecule has 0 unspecified atom stereocenters. The third-order valence-corrected chi connectivity index (χ3v) is 3.83. The summed E-state index contributed by atoms with van der Waals surface area (Å²) in [6.45, 7) is 3.34. The van der Waals surface area contributed by atoms with Crippen LogP contribution in [0.25, 0.3) is 0 Å². The van der Waals surface area contributed by atoms with Gasteiger partial charge in [-0.2, -0.15) is 0 Å². The zero-order valence-electron chi connectivity index (χ0n) is 11.6. The van der Waals surface area contributed by atoms with Crippen molar-refractivity contribution in [2.24, 2.45) is 5.92 Å². The molecule has 1 atom stereocenters. The minimum absolute atomic E-state index is 0.0674. The topological polar surface area (TPSA) is 49.4 Å². The number of unbranched alkanes of at least 4 members (excludes halogenated alkanes) is 1. The summed E-state index contributed by atoms with van der Waals surface area (Å²) in [5.41, 5.74) is 0.596. The fraction of sp³-hybridized carbons (Fsp3) is 0.467. The second kappa shape index (κ2) is 6.75. The summed E-state index contributed by atoms with van der Waals surface area (Å²) < 4.78 is 0. The Morgan fingerprint density at radius 2 is 2.20 bits per heavy atom. The molecule has 1 heterocycles. The van der Waals surface area contributed by atoms with Crippen molar-refractivity contribution in [1.29, 1.82) is 0 Å². The molecule has 1 aromatic carbocycles. The number of hydrogen-bond donors (Lipinski definition) is 1. The van der Waals surface area contributed by atoms with Crippen LogP contribution in [-0.4, -0.2) is 29.8 Å². The van der Waals surface area contributed by atoms with E-state index in [1.165, 1.54) is 0 Å². The standard InChI is InChI=1S/C15H19ClN2O2/c1-2-3-8-18-10-11(9-14(18)19)15(20)17-13-7-5-4-6-12(13)16/h4-7,11H,2-3,8-10H2,1H3,(H,17,20)/t11-/m0/s1. The normalized spacial score (nSPS) is 18.4. The Morgan fingerprint density at radius 1 is 1.45 bits per heavy atom. The zero-order chi connectivity index (χ0) is 14.5. The number of likely N-dealkylation sites (tertiary alicyclic amines) is 1. The van der Waals surface area contributed by atoms with Gasteiger partial charge in [0.1, 0.15) is 0 Å². The maximum absolute atomic E-state index is 12.2. The minimum atomic E-state index is -0.282. The molecule has 0 bridgehead atoms. The van der Waals surface area contributed by atoms with E-state index >= 15 is 0 Å². The molecule has 1 fully saturated rings. The van der Waals surface area contributed by atoms with Gasteiger partial charge in [0.05, 0.1) is 16.6 Å².